The molecule has 2 rings (SSSR count). The quantitative estimate of drug-likeness (QED) is 0.783. The number of hydrogen-bond acceptors (Lipinski definition) is 1. The molecule has 0 amide bonds. The molecular weight excluding hydrogens is 220 g/mol. The maximum absolute atomic E-state index is 8.82. The lowest BCUT2D eigenvalue weighted by Gasteiger charge is -1.91. The summed E-state index contributed by atoms with van der Waals surface area (Å²) < 4.78 is 0. The Morgan fingerprint density at radius 2 is 1.50 bits per heavy atom. The molecule has 1 N–H and O–H groups in total. The number of aromatic hydroxyl groups is 1. The van der Waals surface area contributed by atoms with Crippen LogP contribution in [0.15, 0.2) is 73.8 Å². The van der Waals surface area contributed by atoms with Gasteiger partial charge in [0.2, 0.25) is 0 Å². The summed E-state index contributed by atoms with van der Waals surface area (Å²) in [6.45, 7) is 7.23. The summed E-state index contributed by atoms with van der Waals surface area (Å²) in [5.41, 5.74) is 2.35. The van der Waals surface area contributed by atoms with Gasteiger partial charge in [0.15, 0.2) is 0 Å². The average molecular weight is 238 g/mol. The first kappa shape index (κ1) is 13.8. The van der Waals surface area contributed by atoms with Crippen molar-refractivity contribution in [2.75, 3.05) is 0 Å². The van der Waals surface area contributed by atoms with Crippen molar-refractivity contribution in [3.05, 3.63) is 85.0 Å². The van der Waals surface area contributed by atoms with E-state index >= 15 is 0 Å². The minimum absolute atomic E-state index is 0.292. The molecular formula is C17H18O. The van der Waals surface area contributed by atoms with Gasteiger partial charge < -0.3 is 5.11 Å². The van der Waals surface area contributed by atoms with E-state index in [1.54, 1.807) is 18.2 Å². The molecule has 18 heavy (non-hydrogen) atoms. The molecule has 1 heteroatoms. The van der Waals surface area contributed by atoms with Crippen LogP contribution in [0.5, 0.6) is 5.75 Å². The third-order valence-corrected chi connectivity index (χ3v) is 2.35. The second kappa shape index (κ2) is 7.91. The van der Waals surface area contributed by atoms with Gasteiger partial charge in [0.05, 0.1) is 0 Å². The molecule has 0 aliphatic heterocycles. The molecule has 0 spiro atoms. The van der Waals surface area contributed by atoms with Crippen LogP contribution in [-0.2, 0) is 6.42 Å². The lowest BCUT2D eigenvalue weighted by atomic mass is 10.2. The Hall–Kier alpha value is -2.28. The molecule has 0 atom stereocenters. The molecule has 0 fully saturated rings. The predicted octanol–water partition coefficient (Wildman–Crippen LogP) is 4.45. The van der Waals surface area contributed by atoms with Crippen LogP contribution in [0, 0.1) is 0 Å². The first-order chi connectivity index (χ1) is 8.76. The minimum atomic E-state index is 0.292. The van der Waals surface area contributed by atoms with Crippen molar-refractivity contribution < 1.29 is 5.11 Å². The summed E-state index contributed by atoms with van der Waals surface area (Å²) in [6.07, 6.45) is 4.62. The van der Waals surface area contributed by atoms with Crippen LogP contribution in [0.3, 0.4) is 0 Å². The Morgan fingerprint density at radius 1 is 0.889 bits per heavy atom. The van der Waals surface area contributed by atoms with Crippen molar-refractivity contribution in [1.82, 2.24) is 0 Å². The van der Waals surface area contributed by atoms with E-state index in [9.17, 15) is 0 Å². The van der Waals surface area contributed by atoms with Gasteiger partial charge in [-0.1, -0.05) is 61.2 Å². The van der Waals surface area contributed by atoms with Gasteiger partial charge in [-0.3, -0.25) is 0 Å². The van der Waals surface area contributed by atoms with Gasteiger partial charge >= 0.3 is 0 Å². The lowest BCUT2D eigenvalue weighted by molar-refractivity contribution is 0.475. The highest BCUT2D eigenvalue weighted by atomic mass is 16.3. The number of phenolic OH excluding ortho intramolecular Hbond substituents is 1. The van der Waals surface area contributed by atoms with Crippen molar-refractivity contribution >= 4 is 6.08 Å². The molecule has 0 saturated heterocycles. The van der Waals surface area contributed by atoms with Gasteiger partial charge in [0, 0.05) is 0 Å². The largest absolute Gasteiger partial charge is 0.508 e. The van der Waals surface area contributed by atoms with Gasteiger partial charge in [-0.25, -0.2) is 0 Å². The summed E-state index contributed by atoms with van der Waals surface area (Å²) in [7, 11) is 0. The molecule has 0 radical (unpaired) electrons. The standard InChI is InChI=1S/C9H10.C8H8O/c1-2-6-9-7-4-3-5-8-9;1-2-7-3-5-8(9)6-4-7/h2-5,7-8H,1,6H2;2-6,9H,1H2. The van der Waals surface area contributed by atoms with E-state index in [4.69, 9.17) is 5.11 Å². The first-order valence-corrected chi connectivity index (χ1v) is 5.82. The van der Waals surface area contributed by atoms with Crippen molar-refractivity contribution in [3.63, 3.8) is 0 Å². The Kier molecular flexibility index (Phi) is 6.05. The van der Waals surface area contributed by atoms with Crippen LogP contribution < -0.4 is 0 Å². The zero-order valence-corrected chi connectivity index (χ0v) is 10.4. The zero-order chi connectivity index (χ0) is 13.2. The van der Waals surface area contributed by atoms with E-state index in [2.05, 4.69) is 25.3 Å². The molecule has 92 valence electrons. The smallest absolute Gasteiger partial charge is 0.115 e. The fraction of sp³-hybridized carbons (Fsp3) is 0.0588. The molecule has 1 nitrogen and oxygen atoms in total. The van der Waals surface area contributed by atoms with Gasteiger partial charge in [-0.2, -0.15) is 0 Å². The van der Waals surface area contributed by atoms with Crippen LogP contribution in [-0.4, -0.2) is 5.11 Å². The molecule has 2 aromatic carbocycles. The number of rotatable bonds is 3. The Bertz CT molecular complexity index is 469. The normalized spacial score (nSPS) is 8.89. The van der Waals surface area contributed by atoms with E-state index in [0.717, 1.165) is 12.0 Å². The fourth-order valence-corrected chi connectivity index (χ4v) is 1.39. The van der Waals surface area contributed by atoms with Crippen LogP contribution in [0.4, 0.5) is 0 Å². The van der Waals surface area contributed by atoms with Crippen LogP contribution in [0.1, 0.15) is 11.1 Å². The van der Waals surface area contributed by atoms with Gasteiger partial charge in [-0.15, -0.1) is 6.58 Å². The van der Waals surface area contributed by atoms with Gasteiger partial charge in [-0.05, 0) is 29.7 Å². The molecule has 0 saturated carbocycles. The summed E-state index contributed by atoms with van der Waals surface area (Å²) >= 11 is 0. The average Bonchev–Trinajstić information content (AvgIpc) is 2.42. The van der Waals surface area contributed by atoms with Crippen molar-refractivity contribution in [3.8, 4) is 5.75 Å². The highest BCUT2D eigenvalue weighted by Crippen LogP contribution is 2.09. The van der Waals surface area contributed by atoms with Crippen LogP contribution in [0.25, 0.3) is 6.08 Å². The summed E-state index contributed by atoms with van der Waals surface area (Å²) in [5.74, 6) is 0.292. The second-order valence-corrected chi connectivity index (χ2v) is 3.77. The third-order valence-electron chi connectivity index (χ3n) is 2.35. The first-order valence-electron chi connectivity index (χ1n) is 5.82. The highest BCUT2D eigenvalue weighted by Gasteiger charge is 1.84. The molecule has 2 aromatic rings. The zero-order valence-electron chi connectivity index (χ0n) is 10.4. The Labute approximate surface area is 109 Å². The van der Waals surface area contributed by atoms with E-state index in [1.165, 1.54) is 5.56 Å². The predicted molar refractivity (Wildman–Crippen MR) is 78.5 cm³/mol. The molecule has 0 bridgehead atoms. The summed E-state index contributed by atoms with van der Waals surface area (Å²) in [6, 6.07) is 17.2. The molecule has 0 heterocycles. The SMILES string of the molecule is C=CCc1ccccc1.C=Cc1ccc(O)cc1. The van der Waals surface area contributed by atoms with Crippen LogP contribution >= 0.6 is 0 Å². The van der Waals surface area contributed by atoms with E-state index < -0.39 is 0 Å². The fourth-order valence-electron chi connectivity index (χ4n) is 1.39. The summed E-state index contributed by atoms with van der Waals surface area (Å²) in [4.78, 5) is 0. The summed E-state index contributed by atoms with van der Waals surface area (Å²) in [5, 5.41) is 8.82. The van der Waals surface area contributed by atoms with Gasteiger partial charge in [0.1, 0.15) is 5.75 Å². The van der Waals surface area contributed by atoms with Crippen LogP contribution in [0.2, 0.25) is 0 Å². The van der Waals surface area contributed by atoms with E-state index in [1.807, 2.05) is 36.4 Å². The van der Waals surface area contributed by atoms with Crippen molar-refractivity contribution in [2.45, 2.75) is 6.42 Å². The Morgan fingerprint density at radius 3 is 2.00 bits per heavy atom. The van der Waals surface area contributed by atoms with E-state index in [0.29, 0.717) is 5.75 Å². The number of allylic oxidation sites excluding steroid dienone is 1. The highest BCUT2D eigenvalue weighted by molar-refractivity contribution is 5.47. The molecule has 0 unspecified atom stereocenters. The maximum atomic E-state index is 8.82. The molecule has 0 aromatic heterocycles. The third kappa shape index (κ3) is 5.17. The van der Waals surface area contributed by atoms with Crippen molar-refractivity contribution in [2.24, 2.45) is 0 Å². The number of phenols is 1. The monoisotopic (exact) mass is 238 g/mol. The lowest BCUT2D eigenvalue weighted by Crippen LogP contribution is -1.75. The topological polar surface area (TPSA) is 20.2 Å². The molecule has 0 aliphatic rings. The minimum Gasteiger partial charge on any atom is -0.508 e. The van der Waals surface area contributed by atoms with E-state index in [-0.39, 0.29) is 0 Å². The number of benzene rings is 2. The Balaban J connectivity index is 0.000000180. The molecule has 0 aliphatic carbocycles. The van der Waals surface area contributed by atoms with Gasteiger partial charge in [0.25, 0.3) is 0 Å². The number of hydrogen-bond donors (Lipinski definition) is 1. The van der Waals surface area contributed by atoms with Crippen molar-refractivity contribution in [1.29, 1.82) is 0 Å². The maximum Gasteiger partial charge on any atom is 0.115 e. The second-order valence-electron chi connectivity index (χ2n) is 3.77.